The van der Waals surface area contributed by atoms with E-state index in [1.165, 1.54) is 0 Å². The van der Waals surface area contributed by atoms with Crippen LogP contribution in [-0.2, 0) is 0 Å². The summed E-state index contributed by atoms with van der Waals surface area (Å²) in [6.45, 7) is 15.3. The van der Waals surface area contributed by atoms with Gasteiger partial charge in [0.05, 0.1) is 0 Å². The van der Waals surface area contributed by atoms with E-state index < -0.39 is 0 Å². The minimum absolute atomic E-state index is 0.355. The van der Waals surface area contributed by atoms with E-state index in [1.807, 2.05) is 0 Å². The first-order valence-electron chi connectivity index (χ1n) is 3.94. The third-order valence-electron chi connectivity index (χ3n) is 3.09. The summed E-state index contributed by atoms with van der Waals surface area (Å²) in [6.07, 6.45) is 0. The molecule has 0 aromatic heterocycles. The second-order valence-electron chi connectivity index (χ2n) is 4.34. The Morgan fingerprint density at radius 2 is 1.40 bits per heavy atom. The third-order valence-corrected chi connectivity index (χ3v) is 3.09. The number of hydrogen-bond donors (Lipinski definition) is 0. The van der Waals surface area contributed by atoms with Crippen molar-refractivity contribution in [1.82, 2.24) is 4.90 Å². The normalized spacial score (nSPS) is 29.1. The predicted molar refractivity (Wildman–Crippen MR) is 44.8 cm³/mol. The van der Waals surface area contributed by atoms with Gasteiger partial charge in [0.1, 0.15) is 0 Å². The standard InChI is InChI=1S/C9H18N/c1-7(2)10-8(3,4)9(10,5)6/h7H,1H2,2-6H3. The SMILES string of the molecule is [CH2]C(C)N1C(C)(C)C1(C)C. The minimum Gasteiger partial charge on any atom is -0.287 e. The summed E-state index contributed by atoms with van der Waals surface area (Å²) in [5.74, 6) is 0. The molecule has 10 heavy (non-hydrogen) atoms. The van der Waals surface area contributed by atoms with E-state index in [4.69, 9.17) is 0 Å². The Morgan fingerprint density at radius 1 is 1.10 bits per heavy atom. The van der Waals surface area contributed by atoms with Crippen molar-refractivity contribution in [3.8, 4) is 0 Å². The molecule has 1 aliphatic heterocycles. The van der Waals surface area contributed by atoms with Gasteiger partial charge in [-0.15, -0.1) is 0 Å². The second-order valence-corrected chi connectivity index (χ2v) is 4.34. The van der Waals surface area contributed by atoms with Crippen LogP contribution in [0.5, 0.6) is 0 Å². The zero-order chi connectivity index (χ0) is 8.15. The van der Waals surface area contributed by atoms with Gasteiger partial charge >= 0.3 is 0 Å². The van der Waals surface area contributed by atoms with Crippen molar-refractivity contribution in [1.29, 1.82) is 0 Å². The van der Waals surface area contributed by atoms with Gasteiger partial charge < -0.3 is 0 Å². The predicted octanol–water partition coefficient (Wildman–Crippen LogP) is 2.08. The van der Waals surface area contributed by atoms with E-state index in [-0.39, 0.29) is 0 Å². The first-order chi connectivity index (χ1) is 4.32. The number of nitrogens with zero attached hydrogens (tertiary/aromatic N) is 1. The van der Waals surface area contributed by atoms with E-state index in [0.717, 1.165) is 0 Å². The quantitative estimate of drug-likeness (QED) is 0.504. The van der Waals surface area contributed by atoms with Crippen molar-refractivity contribution in [2.24, 2.45) is 0 Å². The van der Waals surface area contributed by atoms with Gasteiger partial charge in [0.2, 0.25) is 0 Å². The molecule has 1 rings (SSSR count). The van der Waals surface area contributed by atoms with Gasteiger partial charge in [-0.2, -0.15) is 0 Å². The molecule has 1 nitrogen and oxygen atoms in total. The molecule has 1 fully saturated rings. The maximum atomic E-state index is 4.02. The fourth-order valence-electron chi connectivity index (χ4n) is 2.06. The average Bonchev–Trinajstić information content (AvgIpc) is 1.97. The molecule has 1 radical (unpaired) electrons. The fraction of sp³-hybridized carbons (Fsp3) is 0.889. The van der Waals surface area contributed by atoms with E-state index >= 15 is 0 Å². The Balaban J connectivity index is 2.72. The molecular formula is C9H18N. The molecule has 0 spiro atoms. The lowest BCUT2D eigenvalue weighted by molar-refractivity contribution is 0.369. The lowest BCUT2D eigenvalue weighted by Crippen LogP contribution is -2.18. The van der Waals surface area contributed by atoms with Crippen LogP contribution in [0.2, 0.25) is 0 Å². The molecule has 0 bridgehead atoms. The highest BCUT2D eigenvalue weighted by Crippen LogP contribution is 2.51. The zero-order valence-electron chi connectivity index (χ0n) is 7.73. The Morgan fingerprint density at radius 3 is 1.40 bits per heavy atom. The number of hydrogen-bond acceptors (Lipinski definition) is 1. The summed E-state index contributed by atoms with van der Waals surface area (Å²) in [6, 6.07) is 0.435. The van der Waals surface area contributed by atoms with E-state index in [2.05, 4.69) is 46.4 Å². The zero-order valence-corrected chi connectivity index (χ0v) is 7.73. The maximum absolute atomic E-state index is 4.02. The van der Waals surface area contributed by atoms with Gasteiger partial charge in [0.15, 0.2) is 0 Å². The van der Waals surface area contributed by atoms with Gasteiger partial charge in [0.25, 0.3) is 0 Å². The highest BCUT2D eigenvalue weighted by molar-refractivity contribution is 5.21. The van der Waals surface area contributed by atoms with Crippen molar-refractivity contribution < 1.29 is 0 Å². The van der Waals surface area contributed by atoms with Crippen LogP contribution >= 0.6 is 0 Å². The highest BCUT2D eigenvalue weighted by atomic mass is 15.4. The van der Waals surface area contributed by atoms with Crippen LogP contribution in [0, 0.1) is 6.92 Å². The van der Waals surface area contributed by atoms with E-state index in [0.29, 0.717) is 17.1 Å². The monoisotopic (exact) mass is 140 g/mol. The molecule has 1 aliphatic rings. The summed E-state index contributed by atoms with van der Waals surface area (Å²) in [5.41, 5.74) is 0.711. The molecule has 0 aromatic rings. The summed E-state index contributed by atoms with van der Waals surface area (Å²) in [7, 11) is 0. The minimum atomic E-state index is 0.355. The Bertz CT molecular complexity index is 131. The van der Waals surface area contributed by atoms with Gasteiger partial charge in [-0.05, 0) is 41.5 Å². The van der Waals surface area contributed by atoms with Crippen molar-refractivity contribution in [2.75, 3.05) is 0 Å². The first-order valence-corrected chi connectivity index (χ1v) is 3.94. The topological polar surface area (TPSA) is 3.01 Å². The van der Waals surface area contributed by atoms with E-state index in [1.54, 1.807) is 0 Å². The molecule has 1 saturated heterocycles. The second kappa shape index (κ2) is 1.76. The molecule has 0 amide bonds. The van der Waals surface area contributed by atoms with Crippen LogP contribution in [0.15, 0.2) is 0 Å². The molecule has 1 heteroatoms. The molecule has 1 atom stereocenters. The van der Waals surface area contributed by atoms with Crippen LogP contribution in [0.3, 0.4) is 0 Å². The Kier molecular flexibility index (Phi) is 1.42. The third kappa shape index (κ3) is 0.731. The van der Waals surface area contributed by atoms with E-state index in [9.17, 15) is 0 Å². The molecule has 0 aliphatic carbocycles. The first kappa shape index (κ1) is 8.06. The Labute approximate surface area is 64.4 Å². The van der Waals surface area contributed by atoms with Crippen LogP contribution in [-0.4, -0.2) is 22.0 Å². The summed E-state index contributed by atoms with van der Waals surface area (Å²) >= 11 is 0. The summed E-state index contributed by atoms with van der Waals surface area (Å²) < 4.78 is 0. The molecule has 1 heterocycles. The van der Waals surface area contributed by atoms with Crippen LogP contribution in [0.4, 0.5) is 0 Å². The van der Waals surface area contributed by atoms with Crippen LogP contribution in [0.25, 0.3) is 0 Å². The van der Waals surface area contributed by atoms with Crippen molar-refractivity contribution in [2.45, 2.75) is 51.7 Å². The van der Waals surface area contributed by atoms with Crippen molar-refractivity contribution >= 4 is 0 Å². The lowest BCUT2D eigenvalue weighted by atomic mass is 10.0. The summed E-state index contributed by atoms with van der Waals surface area (Å²) in [5, 5.41) is 0. The summed E-state index contributed by atoms with van der Waals surface area (Å²) in [4.78, 5) is 2.43. The molecule has 0 saturated carbocycles. The molecule has 1 unspecified atom stereocenters. The van der Waals surface area contributed by atoms with Gasteiger partial charge in [0, 0.05) is 17.1 Å². The van der Waals surface area contributed by atoms with Crippen molar-refractivity contribution in [3.05, 3.63) is 6.92 Å². The molecule has 0 N–H and O–H groups in total. The van der Waals surface area contributed by atoms with Crippen LogP contribution < -0.4 is 0 Å². The average molecular weight is 140 g/mol. The highest BCUT2D eigenvalue weighted by Gasteiger charge is 2.63. The van der Waals surface area contributed by atoms with Gasteiger partial charge in [-0.3, -0.25) is 4.90 Å². The van der Waals surface area contributed by atoms with Gasteiger partial charge in [-0.1, -0.05) is 0 Å². The van der Waals surface area contributed by atoms with Gasteiger partial charge in [-0.25, -0.2) is 0 Å². The van der Waals surface area contributed by atoms with Crippen molar-refractivity contribution in [3.63, 3.8) is 0 Å². The molecule has 0 aromatic carbocycles. The maximum Gasteiger partial charge on any atom is 0.0340 e. The fourth-order valence-corrected chi connectivity index (χ4v) is 2.06. The smallest absolute Gasteiger partial charge is 0.0340 e. The lowest BCUT2D eigenvalue weighted by Gasteiger charge is -2.10. The molecular weight excluding hydrogens is 122 g/mol. The number of rotatable bonds is 1. The molecule has 59 valence electrons. The van der Waals surface area contributed by atoms with Crippen LogP contribution in [0.1, 0.15) is 34.6 Å². The Hall–Kier alpha value is -0.0400. The largest absolute Gasteiger partial charge is 0.287 e.